The van der Waals surface area contributed by atoms with Crippen LogP contribution in [-0.2, 0) is 4.74 Å². The number of benzene rings is 1. The fourth-order valence-electron chi connectivity index (χ4n) is 1.66. The maximum Gasteiger partial charge on any atom is 0.338 e. The largest absolute Gasteiger partial charge is 0.462 e. The van der Waals surface area contributed by atoms with Gasteiger partial charge in [0.1, 0.15) is 0 Å². The highest BCUT2D eigenvalue weighted by Gasteiger charge is 2.10. The van der Waals surface area contributed by atoms with E-state index >= 15 is 0 Å². The second kappa shape index (κ2) is 5.92. The monoisotopic (exact) mass is 291 g/mol. The van der Waals surface area contributed by atoms with Gasteiger partial charge in [-0.15, -0.1) is 11.3 Å². The van der Waals surface area contributed by atoms with Crippen molar-refractivity contribution < 1.29 is 9.53 Å². The van der Waals surface area contributed by atoms with E-state index in [4.69, 9.17) is 10.5 Å². The summed E-state index contributed by atoms with van der Waals surface area (Å²) in [4.78, 5) is 17.2. The zero-order valence-corrected chi connectivity index (χ0v) is 12.5. The molecule has 106 valence electrons. The Morgan fingerprint density at radius 1 is 1.45 bits per heavy atom. The van der Waals surface area contributed by atoms with Crippen LogP contribution in [0, 0.1) is 13.8 Å². The molecule has 1 heterocycles. The van der Waals surface area contributed by atoms with Gasteiger partial charge in [0.25, 0.3) is 0 Å². The molecule has 0 bridgehead atoms. The van der Waals surface area contributed by atoms with Crippen molar-refractivity contribution in [3.05, 3.63) is 34.3 Å². The summed E-state index contributed by atoms with van der Waals surface area (Å²) in [6.45, 7) is 6.09. The molecule has 0 aliphatic heterocycles. The van der Waals surface area contributed by atoms with Gasteiger partial charge in [-0.05, 0) is 39.0 Å². The van der Waals surface area contributed by atoms with E-state index in [0.717, 1.165) is 21.4 Å². The third kappa shape index (κ3) is 3.08. The van der Waals surface area contributed by atoms with Gasteiger partial charge in [-0.25, -0.2) is 9.78 Å². The van der Waals surface area contributed by atoms with E-state index in [2.05, 4.69) is 10.3 Å². The van der Waals surface area contributed by atoms with Crippen LogP contribution in [0.3, 0.4) is 0 Å². The summed E-state index contributed by atoms with van der Waals surface area (Å²) in [6, 6.07) is 5.05. The lowest BCUT2D eigenvalue weighted by Gasteiger charge is -2.08. The number of hydrogen-bond donors (Lipinski definition) is 2. The van der Waals surface area contributed by atoms with Crippen LogP contribution in [0.15, 0.2) is 18.2 Å². The molecule has 0 saturated carbocycles. The molecule has 5 nitrogen and oxygen atoms in total. The molecular formula is C14H17N3O2S. The normalized spacial score (nSPS) is 10.3. The Morgan fingerprint density at radius 3 is 2.75 bits per heavy atom. The summed E-state index contributed by atoms with van der Waals surface area (Å²) in [5.74, 6) is -0.369. The molecule has 0 atom stereocenters. The lowest BCUT2D eigenvalue weighted by atomic mass is 10.2. The zero-order chi connectivity index (χ0) is 14.7. The number of esters is 1. The van der Waals surface area contributed by atoms with Gasteiger partial charge in [0.15, 0.2) is 5.13 Å². The minimum absolute atomic E-state index is 0.344. The number of carbonyl (C=O) groups excluding carboxylic acids is 1. The molecule has 1 aromatic heterocycles. The molecular weight excluding hydrogens is 274 g/mol. The first-order valence-corrected chi connectivity index (χ1v) is 7.10. The predicted octanol–water partition coefficient (Wildman–Crippen LogP) is 3.26. The highest BCUT2D eigenvalue weighted by atomic mass is 32.1. The molecule has 2 rings (SSSR count). The van der Waals surface area contributed by atoms with Crippen molar-refractivity contribution in [1.82, 2.24) is 4.98 Å². The van der Waals surface area contributed by atoms with Gasteiger partial charge in [0.05, 0.1) is 29.2 Å². The smallest absolute Gasteiger partial charge is 0.338 e. The molecule has 3 N–H and O–H groups in total. The SMILES string of the molecule is CCOC(=O)c1ccc(Nc2nc(C)c(C)s2)c(N)c1. The molecule has 2 aromatic rings. The van der Waals surface area contributed by atoms with E-state index in [1.807, 2.05) is 13.8 Å². The number of aromatic nitrogens is 1. The first-order valence-electron chi connectivity index (χ1n) is 6.29. The summed E-state index contributed by atoms with van der Waals surface area (Å²) in [6.07, 6.45) is 0. The number of nitrogens with zero attached hydrogens (tertiary/aromatic N) is 1. The van der Waals surface area contributed by atoms with Crippen LogP contribution in [0.2, 0.25) is 0 Å². The first-order chi connectivity index (χ1) is 9.51. The Hall–Kier alpha value is -2.08. The summed E-state index contributed by atoms with van der Waals surface area (Å²) in [7, 11) is 0. The fourth-order valence-corrected chi connectivity index (χ4v) is 2.49. The Labute approximate surface area is 121 Å². The first kappa shape index (κ1) is 14.3. The van der Waals surface area contributed by atoms with Crippen molar-refractivity contribution in [2.45, 2.75) is 20.8 Å². The minimum atomic E-state index is -0.369. The van der Waals surface area contributed by atoms with E-state index in [1.165, 1.54) is 0 Å². The Bertz CT molecular complexity index is 618. The van der Waals surface area contributed by atoms with Gasteiger partial charge >= 0.3 is 5.97 Å². The van der Waals surface area contributed by atoms with E-state index in [9.17, 15) is 4.79 Å². The number of nitrogen functional groups attached to an aromatic ring is 1. The minimum Gasteiger partial charge on any atom is -0.462 e. The maximum absolute atomic E-state index is 11.6. The number of thiazole rings is 1. The average molecular weight is 291 g/mol. The van der Waals surface area contributed by atoms with Gasteiger partial charge in [-0.3, -0.25) is 0 Å². The van der Waals surface area contributed by atoms with Gasteiger partial charge in [0, 0.05) is 4.88 Å². The Balaban J connectivity index is 2.19. The number of ether oxygens (including phenoxy) is 1. The third-order valence-corrected chi connectivity index (χ3v) is 3.82. The van der Waals surface area contributed by atoms with Crippen molar-refractivity contribution >= 4 is 33.8 Å². The highest BCUT2D eigenvalue weighted by molar-refractivity contribution is 7.15. The fraction of sp³-hybridized carbons (Fsp3) is 0.286. The second-order valence-corrected chi connectivity index (χ2v) is 5.51. The number of nitrogens with two attached hydrogens (primary N) is 1. The molecule has 6 heteroatoms. The molecule has 20 heavy (non-hydrogen) atoms. The molecule has 0 radical (unpaired) electrons. The summed E-state index contributed by atoms with van der Waals surface area (Å²) in [5, 5.41) is 3.95. The standard InChI is InChI=1S/C14H17N3O2S/c1-4-19-13(18)10-5-6-12(11(15)7-10)17-14-16-8(2)9(3)20-14/h5-7H,4,15H2,1-3H3,(H,16,17). The van der Waals surface area contributed by atoms with Crippen LogP contribution in [-0.4, -0.2) is 17.6 Å². The molecule has 1 aromatic carbocycles. The van der Waals surface area contributed by atoms with Crippen LogP contribution in [0.5, 0.6) is 0 Å². The van der Waals surface area contributed by atoms with Crippen LogP contribution in [0.25, 0.3) is 0 Å². The summed E-state index contributed by atoms with van der Waals surface area (Å²) in [5.41, 5.74) is 8.62. The molecule has 0 spiro atoms. The summed E-state index contributed by atoms with van der Waals surface area (Å²) >= 11 is 1.57. The van der Waals surface area contributed by atoms with E-state index in [1.54, 1.807) is 36.5 Å². The van der Waals surface area contributed by atoms with Crippen molar-refractivity contribution in [3.63, 3.8) is 0 Å². The lowest BCUT2D eigenvalue weighted by Crippen LogP contribution is -2.06. The van der Waals surface area contributed by atoms with Crippen molar-refractivity contribution in [2.75, 3.05) is 17.7 Å². The zero-order valence-electron chi connectivity index (χ0n) is 11.7. The van der Waals surface area contributed by atoms with Gasteiger partial charge in [-0.1, -0.05) is 0 Å². The average Bonchev–Trinajstić information content (AvgIpc) is 2.71. The number of rotatable bonds is 4. The number of anilines is 3. The van der Waals surface area contributed by atoms with Crippen molar-refractivity contribution in [3.8, 4) is 0 Å². The topological polar surface area (TPSA) is 77.2 Å². The molecule has 0 aliphatic rings. The van der Waals surface area contributed by atoms with E-state index in [-0.39, 0.29) is 5.97 Å². The molecule has 0 saturated heterocycles. The van der Waals surface area contributed by atoms with Gasteiger partial charge in [-0.2, -0.15) is 0 Å². The van der Waals surface area contributed by atoms with Crippen LogP contribution >= 0.6 is 11.3 Å². The third-order valence-electron chi connectivity index (χ3n) is 2.83. The number of hydrogen-bond acceptors (Lipinski definition) is 6. The number of carbonyl (C=O) groups is 1. The molecule has 0 amide bonds. The second-order valence-electron chi connectivity index (χ2n) is 4.31. The van der Waals surface area contributed by atoms with E-state index in [0.29, 0.717) is 17.9 Å². The van der Waals surface area contributed by atoms with Crippen LogP contribution < -0.4 is 11.1 Å². The lowest BCUT2D eigenvalue weighted by molar-refractivity contribution is 0.0526. The molecule has 0 aliphatic carbocycles. The van der Waals surface area contributed by atoms with E-state index < -0.39 is 0 Å². The molecule has 0 fully saturated rings. The number of aryl methyl sites for hydroxylation is 2. The van der Waals surface area contributed by atoms with Crippen molar-refractivity contribution in [2.24, 2.45) is 0 Å². The van der Waals surface area contributed by atoms with Gasteiger partial charge < -0.3 is 15.8 Å². The van der Waals surface area contributed by atoms with Crippen LogP contribution in [0.4, 0.5) is 16.5 Å². The molecule has 0 unspecified atom stereocenters. The Kier molecular flexibility index (Phi) is 4.24. The highest BCUT2D eigenvalue weighted by Crippen LogP contribution is 2.28. The number of nitrogens with one attached hydrogen (secondary N) is 1. The quantitative estimate of drug-likeness (QED) is 0.668. The van der Waals surface area contributed by atoms with Crippen molar-refractivity contribution in [1.29, 1.82) is 0 Å². The Morgan fingerprint density at radius 2 is 2.20 bits per heavy atom. The van der Waals surface area contributed by atoms with Gasteiger partial charge in [0.2, 0.25) is 0 Å². The maximum atomic E-state index is 11.6. The van der Waals surface area contributed by atoms with Crippen LogP contribution in [0.1, 0.15) is 27.9 Å². The summed E-state index contributed by atoms with van der Waals surface area (Å²) < 4.78 is 4.93. The predicted molar refractivity (Wildman–Crippen MR) is 81.7 cm³/mol.